The number of aromatic hydroxyl groups is 2. The Kier molecular flexibility index (Phi) is 4.53. The fourth-order valence-electron chi connectivity index (χ4n) is 2.96. The molecule has 0 aromatic heterocycles. The molecule has 2 aromatic carbocycles. The number of rotatable bonds is 5. The summed E-state index contributed by atoms with van der Waals surface area (Å²) in [6.45, 7) is 3.99. The van der Waals surface area contributed by atoms with Crippen LogP contribution < -0.4 is 0 Å². The minimum Gasteiger partial charge on any atom is -0.508 e. The lowest BCUT2D eigenvalue weighted by Crippen LogP contribution is -2.32. The van der Waals surface area contributed by atoms with E-state index in [9.17, 15) is 15.3 Å². The molecule has 2 atom stereocenters. The lowest BCUT2D eigenvalue weighted by molar-refractivity contribution is 0.00143. The smallest absolute Gasteiger partial charge is 0.115 e. The molecule has 2 rings (SSSR count). The molecule has 2 aromatic rings. The van der Waals surface area contributed by atoms with Crippen molar-refractivity contribution in [2.24, 2.45) is 0 Å². The van der Waals surface area contributed by atoms with Gasteiger partial charge in [-0.15, -0.1) is 0 Å². The molecular weight excluding hydrogens is 264 g/mol. The van der Waals surface area contributed by atoms with E-state index in [0.717, 1.165) is 17.5 Å². The molecule has 0 fully saturated rings. The molecule has 0 radical (unpaired) electrons. The van der Waals surface area contributed by atoms with E-state index in [0.29, 0.717) is 6.42 Å². The number of hydrogen-bond donors (Lipinski definition) is 3. The van der Waals surface area contributed by atoms with Gasteiger partial charge in [0, 0.05) is 5.92 Å². The second kappa shape index (κ2) is 6.19. The van der Waals surface area contributed by atoms with Gasteiger partial charge in [0.1, 0.15) is 11.5 Å². The van der Waals surface area contributed by atoms with Crippen LogP contribution in [0.2, 0.25) is 0 Å². The van der Waals surface area contributed by atoms with Crippen LogP contribution in [0.25, 0.3) is 0 Å². The van der Waals surface area contributed by atoms with Crippen LogP contribution in [0.5, 0.6) is 11.5 Å². The molecular formula is C18H22O3. The molecule has 0 saturated heterocycles. The zero-order valence-electron chi connectivity index (χ0n) is 12.5. The van der Waals surface area contributed by atoms with Gasteiger partial charge >= 0.3 is 0 Å². The molecule has 0 aliphatic rings. The Balaban J connectivity index is 2.45. The standard InChI is InChI=1S/C18H22O3/c1-3-17(13-5-9-15(19)10-6-13)18(21,4-2)14-7-11-16(20)12-8-14/h5-12,17,19-21H,3-4H2,1-2H3/t17-,18-/m1/s1. The first-order valence-electron chi connectivity index (χ1n) is 7.32. The van der Waals surface area contributed by atoms with Crippen molar-refractivity contribution >= 4 is 0 Å². The first-order chi connectivity index (χ1) is 10.0. The van der Waals surface area contributed by atoms with Crippen molar-refractivity contribution in [2.45, 2.75) is 38.2 Å². The highest BCUT2D eigenvalue weighted by atomic mass is 16.3. The highest BCUT2D eigenvalue weighted by molar-refractivity contribution is 5.36. The highest BCUT2D eigenvalue weighted by Crippen LogP contribution is 2.42. The van der Waals surface area contributed by atoms with Crippen LogP contribution in [-0.2, 0) is 5.60 Å². The number of aliphatic hydroxyl groups is 1. The molecule has 21 heavy (non-hydrogen) atoms. The first kappa shape index (κ1) is 15.4. The van der Waals surface area contributed by atoms with Gasteiger partial charge in [0.05, 0.1) is 5.60 Å². The van der Waals surface area contributed by atoms with Crippen LogP contribution in [0.4, 0.5) is 0 Å². The van der Waals surface area contributed by atoms with Crippen LogP contribution >= 0.6 is 0 Å². The summed E-state index contributed by atoms with van der Waals surface area (Å²) in [6, 6.07) is 13.7. The largest absolute Gasteiger partial charge is 0.508 e. The Bertz CT molecular complexity index is 574. The van der Waals surface area contributed by atoms with E-state index in [-0.39, 0.29) is 17.4 Å². The predicted octanol–water partition coefficient (Wildman–Crippen LogP) is 3.89. The summed E-state index contributed by atoms with van der Waals surface area (Å²) in [5, 5.41) is 30.1. The molecule has 0 heterocycles. The maximum absolute atomic E-state index is 11.2. The summed E-state index contributed by atoms with van der Waals surface area (Å²) in [5.41, 5.74) is 0.787. The first-order valence-corrected chi connectivity index (χ1v) is 7.32. The molecule has 112 valence electrons. The maximum atomic E-state index is 11.2. The van der Waals surface area contributed by atoms with Crippen LogP contribution in [0.1, 0.15) is 43.7 Å². The van der Waals surface area contributed by atoms with E-state index >= 15 is 0 Å². The van der Waals surface area contributed by atoms with E-state index < -0.39 is 5.60 Å². The normalized spacial score (nSPS) is 15.4. The van der Waals surface area contributed by atoms with Crippen molar-refractivity contribution in [3.05, 3.63) is 59.7 Å². The fourth-order valence-corrected chi connectivity index (χ4v) is 2.96. The van der Waals surface area contributed by atoms with Crippen molar-refractivity contribution in [1.29, 1.82) is 0 Å². The van der Waals surface area contributed by atoms with Crippen molar-refractivity contribution in [2.75, 3.05) is 0 Å². The Morgan fingerprint density at radius 1 is 0.857 bits per heavy atom. The highest BCUT2D eigenvalue weighted by Gasteiger charge is 2.36. The number of phenolic OH excluding ortho intramolecular Hbond substituents is 2. The van der Waals surface area contributed by atoms with E-state index in [1.54, 1.807) is 36.4 Å². The molecule has 0 saturated carbocycles. The third-order valence-corrected chi connectivity index (χ3v) is 4.19. The number of hydrogen-bond acceptors (Lipinski definition) is 3. The topological polar surface area (TPSA) is 60.7 Å². The fraction of sp³-hybridized carbons (Fsp3) is 0.333. The van der Waals surface area contributed by atoms with Gasteiger partial charge in [-0.1, -0.05) is 38.1 Å². The van der Waals surface area contributed by atoms with Gasteiger partial charge in [-0.25, -0.2) is 0 Å². The van der Waals surface area contributed by atoms with Gasteiger partial charge in [-0.3, -0.25) is 0 Å². The summed E-state index contributed by atoms with van der Waals surface area (Å²) in [7, 11) is 0. The molecule has 3 N–H and O–H groups in total. The quantitative estimate of drug-likeness (QED) is 0.781. The van der Waals surface area contributed by atoms with E-state index in [1.807, 2.05) is 26.0 Å². The van der Waals surface area contributed by atoms with Crippen LogP contribution in [-0.4, -0.2) is 15.3 Å². The lowest BCUT2D eigenvalue weighted by Gasteiger charge is -2.36. The van der Waals surface area contributed by atoms with Gasteiger partial charge in [0.25, 0.3) is 0 Å². The SMILES string of the molecule is CC[C@H](c1ccc(O)cc1)[C@@](O)(CC)c1ccc(O)cc1. The van der Waals surface area contributed by atoms with Gasteiger partial charge in [0.2, 0.25) is 0 Å². The molecule has 0 unspecified atom stereocenters. The lowest BCUT2D eigenvalue weighted by atomic mass is 9.74. The Hall–Kier alpha value is -2.00. The van der Waals surface area contributed by atoms with E-state index in [2.05, 4.69) is 0 Å². The third-order valence-electron chi connectivity index (χ3n) is 4.19. The summed E-state index contributed by atoms with van der Waals surface area (Å²) in [5.74, 6) is 0.334. The monoisotopic (exact) mass is 286 g/mol. The number of benzene rings is 2. The molecule has 0 amide bonds. The Morgan fingerprint density at radius 2 is 1.33 bits per heavy atom. The van der Waals surface area contributed by atoms with Crippen molar-refractivity contribution in [3.8, 4) is 11.5 Å². The zero-order chi connectivity index (χ0) is 15.5. The third kappa shape index (κ3) is 3.03. The van der Waals surface area contributed by atoms with Crippen LogP contribution in [0, 0.1) is 0 Å². The number of phenols is 2. The summed E-state index contributed by atoms with van der Waals surface area (Å²) >= 11 is 0. The van der Waals surface area contributed by atoms with E-state index in [4.69, 9.17) is 0 Å². The minimum atomic E-state index is -1.00. The van der Waals surface area contributed by atoms with Crippen molar-refractivity contribution in [1.82, 2.24) is 0 Å². The average molecular weight is 286 g/mol. The van der Waals surface area contributed by atoms with Gasteiger partial charge in [-0.05, 0) is 48.2 Å². The second-order valence-corrected chi connectivity index (χ2v) is 5.38. The molecule has 0 spiro atoms. The van der Waals surface area contributed by atoms with Crippen molar-refractivity contribution in [3.63, 3.8) is 0 Å². The van der Waals surface area contributed by atoms with Crippen LogP contribution in [0.15, 0.2) is 48.5 Å². The summed E-state index contributed by atoms with van der Waals surface area (Å²) in [4.78, 5) is 0. The Labute approximate surface area is 125 Å². The van der Waals surface area contributed by atoms with Gasteiger partial charge in [-0.2, -0.15) is 0 Å². The molecule has 0 bridgehead atoms. The second-order valence-electron chi connectivity index (χ2n) is 5.38. The van der Waals surface area contributed by atoms with E-state index in [1.165, 1.54) is 0 Å². The van der Waals surface area contributed by atoms with Crippen LogP contribution in [0.3, 0.4) is 0 Å². The average Bonchev–Trinajstić information content (AvgIpc) is 2.50. The Morgan fingerprint density at radius 3 is 1.76 bits per heavy atom. The van der Waals surface area contributed by atoms with Gasteiger partial charge in [0.15, 0.2) is 0 Å². The van der Waals surface area contributed by atoms with Crippen molar-refractivity contribution < 1.29 is 15.3 Å². The zero-order valence-corrected chi connectivity index (χ0v) is 12.5. The minimum absolute atomic E-state index is 0.0763. The molecule has 3 heteroatoms. The molecule has 0 aliphatic carbocycles. The summed E-state index contributed by atoms with van der Waals surface area (Å²) < 4.78 is 0. The summed E-state index contributed by atoms with van der Waals surface area (Å²) in [6.07, 6.45) is 1.34. The molecule has 3 nitrogen and oxygen atoms in total. The predicted molar refractivity (Wildman–Crippen MR) is 83.4 cm³/mol. The molecule has 0 aliphatic heterocycles. The van der Waals surface area contributed by atoms with Gasteiger partial charge < -0.3 is 15.3 Å². The maximum Gasteiger partial charge on any atom is 0.115 e.